The molecule has 0 aliphatic heterocycles. The lowest BCUT2D eigenvalue weighted by atomic mass is 9.90. The van der Waals surface area contributed by atoms with Crippen molar-refractivity contribution in [3.63, 3.8) is 0 Å². The summed E-state index contributed by atoms with van der Waals surface area (Å²) in [5.74, 6) is 0. The lowest BCUT2D eigenvalue weighted by Crippen LogP contribution is -2.10. The van der Waals surface area contributed by atoms with Gasteiger partial charge in [0.2, 0.25) is 0 Å². The van der Waals surface area contributed by atoms with Crippen molar-refractivity contribution in [2.45, 2.75) is 0 Å². The van der Waals surface area contributed by atoms with Crippen molar-refractivity contribution in [3.05, 3.63) is 218 Å². The normalized spacial score (nSPS) is 11.6. The Morgan fingerprint density at radius 1 is 0.304 bits per heavy atom. The van der Waals surface area contributed by atoms with Gasteiger partial charge in [-0.1, -0.05) is 152 Å². The average molecular weight is 713 g/mol. The van der Waals surface area contributed by atoms with Crippen molar-refractivity contribution in [1.29, 1.82) is 0 Å². The summed E-state index contributed by atoms with van der Waals surface area (Å²) in [5, 5.41) is 10.0. The Balaban J connectivity index is 0.994. The Hall–Kier alpha value is -7.42. The number of aromatic nitrogens is 1. The second-order valence-electron chi connectivity index (χ2n) is 14.5. The number of anilines is 3. The zero-order chi connectivity index (χ0) is 37.0. The first-order valence-electron chi connectivity index (χ1n) is 19.3. The zero-order valence-corrected chi connectivity index (χ0v) is 30.7. The minimum Gasteiger partial charge on any atom is -0.310 e. The molecule has 11 aromatic rings. The third-order valence-electron chi connectivity index (χ3n) is 11.3. The van der Waals surface area contributed by atoms with E-state index in [0.29, 0.717) is 0 Å². The molecular weight excluding hydrogens is 677 g/mol. The maximum absolute atomic E-state index is 2.37. The molecule has 0 spiro atoms. The van der Waals surface area contributed by atoms with Crippen LogP contribution in [0.25, 0.3) is 82.1 Å². The van der Waals surface area contributed by atoms with E-state index in [9.17, 15) is 0 Å². The van der Waals surface area contributed by atoms with Crippen molar-refractivity contribution >= 4 is 71.2 Å². The molecule has 1 aromatic heterocycles. The molecule has 0 atom stereocenters. The molecule has 0 aliphatic rings. The van der Waals surface area contributed by atoms with Gasteiger partial charge in [-0.05, 0) is 121 Å². The van der Waals surface area contributed by atoms with E-state index >= 15 is 0 Å². The lowest BCUT2D eigenvalue weighted by Gasteiger charge is -2.26. The van der Waals surface area contributed by atoms with Gasteiger partial charge >= 0.3 is 0 Å². The molecule has 2 heteroatoms. The minimum atomic E-state index is 1.11. The van der Waals surface area contributed by atoms with Gasteiger partial charge in [-0.25, -0.2) is 0 Å². The predicted molar refractivity (Wildman–Crippen MR) is 239 cm³/mol. The number of fused-ring (bicyclic) bond motifs is 7. The smallest absolute Gasteiger partial charge is 0.0541 e. The van der Waals surface area contributed by atoms with Crippen LogP contribution in [0, 0.1) is 0 Å². The van der Waals surface area contributed by atoms with Gasteiger partial charge in [0.05, 0.1) is 11.0 Å². The largest absolute Gasteiger partial charge is 0.310 e. The molecule has 0 saturated heterocycles. The molecule has 0 bridgehead atoms. The van der Waals surface area contributed by atoms with Crippen LogP contribution in [0.3, 0.4) is 0 Å². The predicted octanol–water partition coefficient (Wildman–Crippen LogP) is 15.0. The Labute approximate surface area is 325 Å². The van der Waals surface area contributed by atoms with Crippen LogP contribution in [0.1, 0.15) is 0 Å². The summed E-state index contributed by atoms with van der Waals surface area (Å²) in [6.45, 7) is 0. The maximum Gasteiger partial charge on any atom is 0.0541 e. The number of benzene rings is 10. The van der Waals surface area contributed by atoms with Crippen molar-refractivity contribution in [2.75, 3.05) is 4.90 Å². The molecule has 56 heavy (non-hydrogen) atoms. The fourth-order valence-corrected chi connectivity index (χ4v) is 8.78. The molecule has 262 valence electrons. The molecule has 0 saturated carbocycles. The van der Waals surface area contributed by atoms with E-state index in [2.05, 4.69) is 228 Å². The third-order valence-corrected chi connectivity index (χ3v) is 11.3. The third kappa shape index (κ3) is 5.26. The van der Waals surface area contributed by atoms with Crippen molar-refractivity contribution in [2.24, 2.45) is 0 Å². The molecule has 1 heterocycles. The number of hydrogen-bond donors (Lipinski definition) is 0. The van der Waals surface area contributed by atoms with Crippen LogP contribution in [0.4, 0.5) is 17.1 Å². The minimum absolute atomic E-state index is 1.11. The van der Waals surface area contributed by atoms with E-state index in [-0.39, 0.29) is 0 Å². The quantitative estimate of drug-likeness (QED) is 0.156. The van der Waals surface area contributed by atoms with E-state index in [1.165, 1.54) is 76.4 Å². The summed E-state index contributed by atoms with van der Waals surface area (Å²) in [7, 11) is 0. The topological polar surface area (TPSA) is 8.17 Å². The fourth-order valence-electron chi connectivity index (χ4n) is 8.78. The van der Waals surface area contributed by atoms with Gasteiger partial charge in [-0.3, -0.25) is 0 Å². The summed E-state index contributed by atoms with van der Waals surface area (Å²) < 4.78 is 2.37. The highest BCUT2D eigenvalue weighted by Crippen LogP contribution is 2.41. The van der Waals surface area contributed by atoms with Gasteiger partial charge in [0.15, 0.2) is 0 Å². The molecule has 0 aliphatic carbocycles. The van der Waals surface area contributed by atoms with E-state index in [1.807, 2.05) is 0 Å². The molecule has 0 unspecified atom stereocenters. The molecule has 2 nitrogen and oxygen atoms in total. The molecule has 10 aromatic carbocycles. The van der Waals surface area contributed by atoms with Gasteiger partial charge in [0.25, 0.3) is 0 Å². The molecular formula is C54H36N2. The number of nitrogens with zero attached hydrogens (tertiary/aromatic N) is 2. The van der Waals surface area contributed by atoms with Crippen LogP contribution < -0.4 is 4.90 Å². The standard InChI is InChI=1S/C54H36N2/c1-3-13-37(14-4-1)48-21-11-15-38-16-12-22-49(54(38)48)40-27-33-46-39(35-40)25-26-41-36-45(32-34-47(41)46)55(42-17-5-2-6-18-42)43-28-30-44(31-29-43)56-52-23-9-7-19-50(52)51-20-8-10-24-53(51)56/h1-36H. The zero-order valence-electron chi connectivity index (χ0n) is 30.7. The summed E-state index contributed by atoms with van der Waals surface area (Å²) in [6, 6.07) is 79.4. The van der Waals surface area contributed by atoms with Crippen LogP contribution in [0.15, 0.2) is 218 Å². The highest BCUT2D eigenvalue weighted by Gasteiger charge is 2.17. The fraction of sp³-hybridized carbons (Fsp3) is 0. The van der Waals surface area contributed by atoms with Crippen molar-refractivity contribution in [3.8, 4) is 27.9 Å². The van der Waals surface area contributed by atoms with Crippen molar-refractivity contribution in [1.82, 2.24) is 4.57 Å². The number of hydrogen-bond acceptors (Lipinski definition) is 1. The van der Waals surface area contributed by atoms with Gasteiger partial charge in [-0.15, -0.1) is 0 Å². The van der Waals surface area contributed by atoms with Crippen LogP contribution in [-0.4, -0.2) is 4.57 Å². The second kappa shape index (κ2) is 13.2. The molecule has 0 N–H and O–H groups in total. The van der Waals surface area contributed by atoms with Crippen LogP contribution in [0.5, 0.6) is 0 Å². The maximum atomic E-state index is 2.37. The lowest BCUT2D eigenvalue weighted by molar-refractivity contribution is 1.17. The van der Waals surface area contributed by atoms with Crippen molar-refractivity contribution < 1.29 is 0 Å². The first-order chi connectivity index (χ1) is 27.8. The Bertz CT molecular complexity index is 3170. The second-order valence-corrected chi connectivity index (χ2v) is 14.5. The molecule has 0 amide bonds. The molecule has 11 rings (SSSR count). The Morgan fingerprint density at radius 3 is 1.52 bits per heavy atom. The number of rotatable bonds is 6. The van der Waals surface area contributed by atoms with Gasteiger partial charge in [0, 0.05) is 33.5 Å². The van der Waals surface area contributed by atoms with Crippen LogP contribution in [0.2, 0.25) is 0 Å². The van der Waals surface area contributed by atoms with E-state index in [1.54, 1.807) is 0 Å². The average Bonchev–Trinajstić information content (AvgIpc) is 3.61. The first kappa shape index (κ1) is 32.0. The van der Waals surface area contributed by atoms with Crippen LogP contribution in [-0.2, 0) is 0 Å². The summed E-state index contributed by atoms with van der Waals surface area (Å²) in [4.78, 5) is 2.35. The van der Waals surface area contributed by atoms with Gasteiger partial charge in [-0.2, -0.15) is 0 Å². The summed E-state index contributed by atoms with van der Waals surface area (Å²) in [5.41, 5.74) is 11.9. The SMILES string of the molecule is c1ccc(-c2cccc3cccc(-c4ccc5c(ccc6cc(N(c7ccccc7)c7ccc(-n8c9ccccc9c9ccccc98)cc7)ccc65)c4)c23)cc1. The molecule has 0 radical (unpaired) electrons. The highest BCUT2D eigenvalue weighted by atomic mass is 15.1. The summed E-state index contributed by atoms with van der Waals surface area (Å²) >= 11 is 0. The van der Waals surface area contributed by atoms with Gasteiger partial charge < -0.3 is 9.47 Å². The highest BCUT2D eigenvalue weighted by molar-refractivity contribution is 6.12. The summed E-state index contributed by atoms with van der Waals surface area (Å²) in [6.07, 6.45) is 0. The van der Waals surface area contributed by atoms with E-state index < -0.39 is 0 Å². The van der Waals surface area contributed by atoms with E-state index in [0.717, 1.165) is 22.7 Å². The first-order valence-corrected chi connectivity index (χ1v) is 19.3. The Kier molecular flexibility index (Phi) is 7.53. The Morgan fingerprint density at radius 2 is 0.839 bits per heavy atom. The molecule has 0 fully saturated rings. The number of para-hydroxylation sites is 3. The van der Waals surface area contributed by atoms with Gasteiger partial charge in [0.1, 0.15) is 0 Å². The monoisotopic (exact) mass is 712 g/mol. The van der Waals surface area contributed by atoms with Crippen LogP contribution >= 0.6 is 0 Å². The van der Waals surface area contributed by atoms with E-state index in [4.69, 9.17) is 0 Å².